The summed E-state index contributed by atoms with van der Waals surface area (Å²) in [4.78, 5) is 40.9. The second-order valence-electron chi connectivity index (χ2n) is 6.14. The lowest BCUT2D eigenvalue weighted by Crippen LogP contribution is -2.31. The molecule has 2 aromatic rings. The highest BCUT2D eigenvalue weighted by Crippen LogP contribution is 2.27. The second kappa shape index (κ2) is 9.28. The fourth-order valence-electron chi connectivity index (χ4n) is 2.79. The monoisotopic (exact) mass is 416 g/mol. The summed E-state index contributed by atoms with van der Waals surface area (Å²) in [6.07, 6.45) is 2.89. The SMILES string of the molecule is COC(=O)/C=c1\sc(=C(N=Nc2ccccc2OC)C(=O)N2CCCC2)[nH]c1=O. The Morgan fingerprint density at radius 2 is 1.93 bits per heavy atom. The van der Waals surface area contributed by atoms with E-state index in [9.17, 15) is 14.4 Å². The van der Waals surface area contributed by atoms with E-state index in [1.165, 1.54) is 14.2 Å². The first-order valence-electron chi connectivity index (χ1n) is 8.90. The average Bonchev–Trinajstić information content (AvgIpc) is 3.39. The zero-order valence-corrected chi connectivity index (χ0v) is 16.8. The number of H-pyrrole nitrogens is 1. The number of carbonyl (C=O) groups is 2. The van der Waals surface area contributed by atoms with Crippen molar-refractivity contribution in [2.45, 2.75) is 12.8 Å². The molecular formula is C19H20N4O5S. The van der Waals surface area contributed by atoms with Crippen molar-refractivity contribution in [2.24, 2.45) is 10.2 Å². The van der Waals surface area contributed by atoms with Crippen LogP contribution in [0, 0.1) is 0 Å². The van der Waals surface area contributed by atoms with E-state index < -0.39 is 11.5 Å². The number of esters is 1. The lowest BCUT2D eigenvalue weighted by atomic mass is 10.3. The number of thiazole rings is 1. The lowest BCUT2D eigenvalue weighted by Gasteiger charge is -2.14. The highest BCUT2D eigenvalue weighted by molar-refractivity contribution is 7.07. The topological polar surface area (TPSA) is 113 Å². The van der Waals surface area contributed by atoms with Crippen molar-refractivity contribution in [3.05, 3.63) is 43.8 Å². The molecule has 10 heteroatoms. The van der Waals surface area contributed by atoms with E-state index >= 15 is 0 Å². The first-order valence-corrected chi connectivity index (χ1v) is 9.72. The molecule has 1 fully saturated rings. The summed E-state index contributed by atoms with van der Waals surface area (Å²) < 4.78 is 10.2. The predicted octanol–water partition coefficient (Wildman–Crippen LogP) is 0.913. The van der Waals surface area contributed by atoms with Crippen molar-refractivity contribution in [1.82, 2.24) is 9.88 Å². The van der Waals surface area contributed by atoms with Crippen LogP contribution >= 0.6 is 11.3 Å². The summed E-state index contributed by atoms with van der Waals surface area (Å²) in [5.41, 5.74) is -0.0546. The van der Waals surface area contributed by atoms with E-state index in [-0.39, 0.29) is 20.8 Å². The van der Waals surface area contributed by atoms with E-state index in [0.717, 1.165) is 30.3 Å². The summed E-state index contributed by atoms with van der Waals surface area (Å²) in [5.74, 6) is -0.487. The molecule has 3 rings (SSSR count). The summed E-state index contributed by atoms with van der Waals surface area (Å²) >= 11 is 0.950. The molecule has 0 radical (unpaired) electrons. The normalized spacial score (nSPS) is 15.7. The number of hydrogen-bond acceptors (Lipinski definition) is 8. The molecule has 0 saturated carbocycles. The van der Waals surface area contributed by atoms with E-state index in [1.807, 2.05) is 0 Å². The molecule has 1 saturated heterocycles. The van der Waals surface area contributed by atoms with Gasteiger partial charge < -0.3 is 19.4 Å². The summed E-state index contributed by atoms with van der Waals surface area (Å²) in [6.45, 7) is 1.23. The van der Waals surface area contributed by atoms with Crippen LogP contribution in [0.2, 0.25) is 0 Å². The maximum absolute atomic E-state index is 13.0. The molecule has 1 amide bonds. The number of aromatic amines is 1. The molecule has 1 aromatic heterocycles. The van der Waals surface area contributed by atoms with Crippen molar-refractivity contribution in [3.8, 4) is 5.75 Å². The summed E-state index contributed by atoms with van der Waals surface area (Å²) in [7, 11) is 2.73. The molecule has 29 heavy (non-hydrogen) atoms. The maximum Gasteiger partial charge on any atom is 0.332 e. The number of para-hydroxylation sites is 1. The van der Waals surface area contributed by atoms with Gasteiger partial charge in [-0.2, -0.15) is 0 Å². The smallest absolute Gasteiger partial charge is 0.332 e. The van der Waals surface area contributed by atoms with Crippen LogP contribution in [0.25, 0.3) is 11.8 Å². The first kappa shape index (κ1) is 20.5. The number of methoxy groups -OCH3 is 2. The van der Waals surface area contributed by atoms with Gasteiger partial charge in [0.05, 0.1) is 14.2 Å². The Hall–Kier alpha value is -3.27. The number of likely N-dealkylation sites (tertiary alicyclic amines) is 1. The van der Waals surface area contributed by atoms with Crippen molar-refractivity contribution in [1.29, 1.82) is 0 Å². The van der Waals surface area contributed by atoms with Gasteiger partial charge in [-0.15, -0.1) is 21.6 Å². The van der Waals surface area contributed by atoms with Gasteiger partial charge in [-0.05, 0) is 25.0 Å². The number of amides is 1. The van der Waals surface area contributed by atoms with Crippen molar-refractivity contribution >= 4 is 40.7 Å². The maximum atomic E-state index is 13.0. The molecule has 0 atom stereocenters. The van der Waals surface area contributed by atoms with E-state index in [2.05, 4.69) is 19.9 Å². The van der Waals surface area contributed by atoms with Crippen molar-refractivity contribution in [2.75, 3.05) is 27.3 Å². The zero-order chi connectivity index (χ0) is 20.8. The highest BCUT2D eigenvalue weighted by Gasteiger charge is 2.23. The summed E-state index contributed by atoms with van der Waals surface area (Å²) in [5, 5.41) is 8.31. The number of rotatable bonds is 5. The van der Waals surface area contributed by atoms with Gasteiger partial charge in [-0.3, -0.25) is 9.59 Å². The number of carbonyl (C=O) groups excluding carboxylic acids is 2. The van der Waals surface area contributed by atoms with Crippen LogP contribution in [0.4, 0.5) is 5.69 Å². The Labute approximate surface area is 170 Å². The minimum absolute atomic E-state index is 0.00409. The van der Waals surface area contributed by atoms with Gasteiger partial charge >= 0.3 is 5.97 Å². The van der Waals surface area contributed by atoms with Crippen molar-refractivity contribution in [3.63, 3.8) is 0 Å². The molecule has 0 bridgehead atoms. The molecular weight excluding hydrogens is 396 g/mol. The Balaban J connectivity index is 2.12. The van der Waals surface area contributed by atoms with Gasteiger partial charge in [0.25, 0.3) is 11.5 Å². The second-order valence-corrected chi connectivity index (χ2v) is 7.19. The molecule has 0 unspecified atom stereocenters. The molecule has 0 aliphatic carbocycles. The summed E-state index contributed by atoms with van der Waals surface area (Å²) in [6, 6.07) is 7.00. The molecule has 152 valence electrons. The Morgan fingerprint density at radius 3 is 2.62 bits per heavy atom. The molecule has 2 heterocycles. The van der Waals surface area contributed by atoms with Crippen LogP contribution in [0.3, 0.4) is 0 Å². The number of nitrogens with one attached hydrogen (secondary N) is 1. The Kier molecular flexibility index (Phi) is 6.55. The third-order valence-electron chi connectivity index (χ3n) is 4.27. The molecule has 1 aliphatic rings. The molecule has 0 spiro atoms. The van der Waals surface area contributed by atoms with Crippen LogP contribution in [-0.2, 0) is 14.3 Å². The van der Waals surface area contributed by atoms with Crippen molar-refractivity contribution < 1.29 is 19.1 Å². The quantitative estimate of drug-likeness (QED) is 0.575. The van der Waals surface area contributed by atoms with Crippen LogP contribution in [0.5, 0.6) is 5.75 Å². The number of hydrogen-bond donors (Lipinski definition) is 1. The van der Waals surface area contributed by atoms with Crippen LogP contribution < -0.4 is 19.5 Å². The molecule has 1 aliphatic heterocycles. The van der Waals surface area contributed by atoms with E-state index in [4.69, 9.17) is 4.74 Å². The molecule has 1 aromatic carbocycles. The number of ether oxygens (including phenoxy) is 2. The Bertz CT molecular complexity index is 1110. The molecule has 1 N–H and O–H groups in total. The van der Waals surface area contributed by atoms with Gasteiger partial charge in [0, 0.05) is 19.2 Å². The van der Waals surface area contributed by atoms with Gasteiger partial charge in [-0.25, -0.2) is 4.79 Å². The third kappa shape index (κ3) is 4.77. The van der Waals surface area contributed by atoms with E-state index in [0.29, 0.717) is 24.5 Å². The zero-order valence-electron chi connectivity index (χ0n) is 16.0. The Morgan fingerprint density at radius 1 is 1.21 bits per heavy atom. The van der Waals surface area contributed by atoms with Gasteiger partial charge in [0.1, 0.15) is 20.6 Å². The van der Waals surface area contributed by atoms with Crippen LogP contribution in [-0.4, -0.2) is 49.1 Å². The van der Waals surface area contributed by atoms with E-state index in [1.54, 1.807) is 29.2 Å². The predicted molar refractivity (Wildman–Crippen MR) is 107 cm³/mol. The van der Waals surface area contributed by atoms with Gasteiger partial charge in [0.15, 0.2) is 5.70 Å². The van der Waals surface area contributed by atoms with Gasteiger partial charge in [0.2, 0.25) is 0 Å². The highest BCUT2D eigenvalue weighted by atomic mass is 32.1. The average molecular weight is 416 g/mol. The van der Waals surface area contributed by atoms with Crippen LogP contribution in [0.1, 0.15) is 12.8 Å². The lowest BCUT2D eigenvalue weighted by molar-refractivity contribution is -0.133. The number of aromatic nitrogens is 1. The van der Waals surface area contributed by atoms with Crippen LogP contribution in [0.15, 0.2) is 39.3 Å². The molecule has 9 nitrogen and oxygen atoms in total. The number of benzene rings is 1. The standard InChI is InChI=1S/C19H20N4O5S/c1-27-13-8-4-3-7-12(13)21-22-16(19(26)23-9-5-6-10-23)18-20-17(25)14(29-18)11-15(24)28-2/h3-4,7-8,11H,5-6,9-10H2,1-2H3,(H,20,25)/b14-11-,18-16?,22-21?. The third-order valence-corrected chi connectivity index (χ3v) is 5.29. The minimum Gasteiger partial charge on any atom is -0.494 e. The minimum atomic E-state index is -0.660. The number of azo groups is 1. The van der Waals surface area contributed by atoms with Gasteiger partial charge in [-0.1, -0.05) is 12.1 Å². The first-order chi connectivity index (χ1) is 14.0. The fourth-order valence-corrected chi connectivity index (χ4v) is 3.67. The number of nitrogens with zero attached hydrogens (tertiary/aromatic N) is 3. The largest absolute Gasteiger partial charge is 0.494 e. The fraction of sp³-hybridized carbons (Fsp3) is 0.316.